The average molecular weight is 292 g/mol. The maximum Gasteiger partial charge on any atom is 0.258 e. The Bertz CT molecular complexity index is 822. The summed E-state index contributed by atoms with van der Waals surface area (Å²) in [6, 6.07) is 13.9. The van der Waals surface area contributed by atoms with Crippen molar-refractivity contribution in [1.82, 2.24) is 9.55 Å². The lowest BCUT2D eigenvalue weighted by atomic mass is 10.1. The lowest BCUT2D eigenvalue weighted by molar-refractivity contribution is 0.603. The minimum absolute atomic E-state index is 0.0720. The summed E-state index contributed by atoms with van der Waals surface area (Å²) in [6.07, 6.45) is 6.79. The quantitative estimate of drug-likeness (QED) is 0.659. The summed E-state index contributed by atoms with van der Waals surface area (Å²) in [7, 11) is 0. The van der Waals surface area contributed by atoms with Crippen molar-refractivity contribution in [2.45, 2.75) is 32.7 Å². The molecule has 0 aliphatic heterocycles. The summed E-state index contributed by atoms with van der Waals surface area (Å²) in [4.78, 5) is 17.1. The van der Waals surface area contributed by atoms with Crippen molar-refractivity contribution in [3.63, 3.8) is 0 Å². The molecule has 1 aromatic carbocycles. The monoisotopic (exact) mass is 292 g/mol. The van der Waals surface area contributed by atoms with Gasteiger partial charge in [0, 0.05) is 30.1 Å². The number of para-hydroxylation sites is 1. The molecule has 3 nitrogen and oxygen atoms in total. The van der Waals surface area contributed by atoms with Gasteiger partial charge in [-0.2, -0.15) is 0 Å². The minimum atomic E-state index is 0.0720. The molecule has 112 valence electrons. The molecule has 0 radical (unpaired) electrons. The Kier molecular flexibility index (Phi) is 4.33. The van der Waals surface area contributed by atoms with Crippen LogP contribution in [0.3, 0.4) is 0 Å². The van der Waals surface area contributed by atoms with Crippen LogP contribution in [-0.4, -0.2) is 9.55 Å². The number of aryl methyl sites for hydroxylation is 1. The van der Waals surface area contributed by atoms with Crippen LogP contribution >= 0.6 is 0 Å². The van der Waals surface area contributed by atoms with Gasteiger partial charge < -0.3 is 4.57 Å². The molecule has 0 aliphatic carbocycles. The molecule has 0 fully saturated rings. The van der Waals surface area contributed by atoms with Crippen molar-refractivity contribution >= 4 is 10.9 Å². The van der Waals surface area contributed by atoms with Gasteiger partial charge in [0.15, 0.2) is 0 Å². The van der Waals surface area contributed by atoms with E-state index in [4.69, 9.17) is 0 Å². The van der Waals surface area contributed by atoms with Crippen molar-refractivity contribution in [2.75, 3.05) is 0 Å². The summed E-state index contributed by atoms with van der Waals surface area (Å²) >= 11 is 0. The van der Waals surface area contributed by atoms with Gasteiger partial charge in [0.1, 0.15) is 0 Å². The molecule has 22 heavy (non-hydrogen) atoms. The highest BCUT2D eigenvalue weighted by Crippen LogP contribution is 2.20. The Morgan fingerprint density at radius 3 is 2.73 bits per heavy atom. The third-order valence-corrected chi connectivity index (χ3v) is 3.96. The van der Waals surface area contributed by atoms with Gasteiger partial charge in [-0.3, -0.25) is 9.78 Å². The number of unbranched alkanes of at least 4 members (excludes halogenated alkanes) is 2. The average Bonchev–Trinajstić information content (AvgIpc) is 2.57. The van der Waals surface area contributed by atoms with Gasteiger partial charge >= 0.3 is 0 Å². The molecule has 0 unspecified atom stereocenters. The van der Waals surface area contributed by atoms with Crippen LogP contribution in [0.25, 0.3) is 22.0 Å². The van der Waals surface area contributed by atoms with Crippen LogP contribution in [0.4, 0.5) is 0 Å². The summed E-state index contributed by atoms with van der Waals surface area (Å²) in [5.41, 5.74) is 2.69. The van der Waals surface area contributed by atoms with Crippen molar-refractivity contribution in [2.24, 2.45) is 0 Å². The second-order valence-electron chi connectivity index (χ2n) is 5.52. The first-order chi connectivity index (χ1) is 10.8. The van der Waals surface area contributed by atoms with Gasteiger partial charge in [0.25, 0.3) is 5.56 Å². The van der Waals surface area contributed by atoms with Crippen LogP contribution < -0.4 is 5.56 Å². The Balaban J connectivity index is 2.18. The summed E-state index contributed by atoms with van der Waals surface area (Å²) < 4.78 is 1.91. The smallest absolute Gasteiger partial charge is 0.258 e. The number of fused-ring (bicyclic) bond motifs is 1. The molecule has 3 aromatic rings. The van der Waals surface area contributed by atoms with Crippen molar-refractivity contribution in [3.05, 3.63) is 65.2 Å². The number of rotatable bonds is 5. The predicted molar refractivity (Wildman–Crippen MR) is 91.0 cm³/mol. The zero-order valence-corrected chi connectivity index (χ0v) is 12.8. The number of nitrogens with zero attached hydrogens (tertiary/aromatic N) is 2. The second kappa shape index (κ2) is 6.56. The summed E-state index contributed by atoms with van der Waals surface area (Å²) in [5.74, 6) is 0. The van der Waals surface area contributed by atoms with Crippen LogP contribution in [0.15, 0.2) is 59.7 Å². The van der Waals surface area contributed by atoms with E-state index in [-0.39, 0.29) is 5.56 Å². The van der Waals surface area contributed by atoms with E-state index in [0.29, 0.717) is 0 Å². The fourth-order valence-electron chi connectivity index (χ4n) is 2.80. The SMILES string of the molecule is CCCCCn1c(=O)c(-c2cccnc2)cc2ccccc21. The second-order valence-corrected chi connectivity index (χ2v) is 5.52. The molecule has 0 N–H and O–H groups in total. The van der Waals surface area contributed by atoms with E-state index in [9.17, 15) is 4.79 Å². The van der Waals surface area contributed by atoms with E-state index in [1.807, 2.05) is 41.0 Å². The first-order valence-electron chi connectivity index (χ1n) is 7.84. The topological polar surface area (TPSA) is 34.9 Å². The lowest BCUT2D eigenvalue weighted by Crippen LogP contribution is -2.22. The van der Waals surface area contributed by atoms with Gasteiger partial charge in [-0.1, -0.05) is 44.0 Å². The summed E-state index contributed by atoms with van der Waals surface area (Å²) in [6.45, 7) is 2.94. The molecule has 3 rings (SSSR count). The highest BCUT2D eigenvalue weighted by Gasteiger charge is 2.10. The van der Waals surface area contributed by atoms with E-state index in [1.54, 1.807) is 12.4 Å². The van der Waals surface area contributed by atoms with Crippen LogP contribution in [0.5, 0.6) is 0 Å². The van der Waals surface area contributed by atoms with Gasteiger partial charge in [-0.25, -0.2) is 0 Å². The molecule has 0 bridgehead atoms. The molecule has 0 aliphatic rings. The molecular weight excluding hydrogens is 272 g/mol. The molecule has 2 heterocycles. The fourth-order valence-corrected chi connectivity index (χ4v) is 2.80. The zero-order valence-electron chi connectivity index (χ0n) is 12.8. The molecule has 0 spiro atoms. The molecule has 0 amide bonds. The molecule has 0 saturated carbocycles. The first-order valence-corrected chi connectivity index (χ1v) is 7.84. The number of benzene rings is 1. The van der Waals surface area contributed by atoms with Crippen LogP contribution in [0, 0.1) is 0 Å². The van der Waals surface area contributed by atoms with Gasteiger partial charge in [-0.05, 0) is 30.0 Å². The largest absolute Gasteiger partial charge is 0.308 e. The number of pyridine rings is 2. The zero-order chi connectivity index (χ0) is 15.4. The third-order valence-electron chi connectivity index (χ3n) is 3.96. The Morgan fingerprint density at radius 2 is 1.95 bits per heavy atom. The van der Waals surface area contributed by atoms with Crippen LogP contribution in [0.2, 0.25) is 0 Å². The summed E-state index contributed by atoms with van der Waals surface area (Å²) in [5, 5.41) is 1.09. The standard InChI is InChI=1S/C19H20N2O/c1-2-3-6-12-21-18-10-5-4-8-15(18)13-17(19(21)22)16-9-7-11-20-14-16/h4-5,7-11,13-14H,2-3,6,12H2,1H3. The lowest BCUT2D eigenvalue weighted by Gasteiger charge is -2.13. The number of hydrogen-bond donors (Lipinski definition) is 0. The number of hydrogen-bond acceptors (Lipinski definition) is 2. The Hall–Kier alpha value is -2.42. The molecule has 0 saturated heterocycles. The number of aromatic nitrogens is 2. The van der Waals surface area contributed by atoms with E-state index in [0.717, 1.165) is 47.8 Å². The highest BCUT2D eigenvalue weighted by atomic mass is 16.1. The minimum Gasteiger partial charge on any atom is -0.308 e. The first kappa shape index (κ1) is 14.5. The predicted octanol–water partition coefficient (Wildman–Crippen LogP) is 4.25. The van der Waals surface area contributed by atoms with E-state index in [1.165, 1.54) is 0 Å². The molecule has 2 aromatic heterocycles. The highest BCUT2D eigenvalue weighted by molar-refractivity contribution is 5.84. The van der Waals surface area contributed by atoms with Crippen molar-refractivity contribution in [3.8, 4) is 11.1 Å². The van der Waals surface area contributed by atoms with Crippen LogP contribution in [-0.2, 0) is 6.54 Å². The van der Waals surface area contributed by atoms with Gasteiger partial charge in [0.05, 0.1) is 5.52 Å². The van der Waals surface area contributed by atoms with Crippen molar-refractivity contribution in [1.29, 1.82) is 0 Å². The van der Waals surface area contributed by atoms with Crippen LogP contribution in [0.1, 0.15) is 26.2 Å². The Morgan fingerprint density at radius 1 is 1.09 bits per heavy atom. The van der Waals surface area contributed by atoms with Gasteiger partial charge in [-0.15, -0.1) is 0 Å². The van der Waals surface area contributed by atoms with E-state index >= 15 is 0 Å². The van der Waals surface area contributed by atoms with Gasteiger partial charge in [0.2, 0.25) is 0 Å². The van der Waals surface area contributed by atoms with E-state index < -0.39 is 0 Å². The fraction of sp³-hybridized carbons (Fsp3) is 0.263. The normalized spacial score (nSPS) is 11.0. The molecule has 3 heteroatoms. The molecular formula is C19H20N2O. The van der Waals surface area contributed by atoms with E-state index in [2.05, 4.69) is 18.0 Å². The maximum atomic E-state index is 12.9. The Labute approximate surface area is 130 Å². The molecule has 0 atom stereocenters. The maximum absolute atomic E-state index is 12.9. The van der Waals surface area contributed by atoms with Crippen molar-refractivity contribution < 1.29 is 0 Å². The third kappa shape index (κ3) is 2.80.